The van der Waals surface area contributed by atoms with Gasteiger partial charge in [0.25, 0.3) is 0 Å². The van der Waals surface area contributed by atoms with Gasteiger partial charge in [-0.15, -0.1) is 0 Å². The van der Waals surface area contributed by atoms with Crippen LogP contribution in [-0.4, -0.2) is 25.4 Å². The molecular weight excluding hydrogens is 166 g/mol. The van der Waals surface area contributed by atoms with Crippen LogP contribution in [0.4, 0.5) is 0 Å². The Morgan fingerprint density at radius 2 is 2.00 bits per heavy atom. The van der Waals surface area contributed by atoms with Crippen LogP contribution in [0.15, 0.2) is 12.3 Å². The van der Waals surface area contributed by atoms with E-state index in [1.165, 1.54) is 0 Å². The molecule has 0 spiro atoms. The lowest BCUT2D eigenvalue weighted by molar-refractivity contribution is 0.937. The topological polar surface area (TPSA) is 67.3 Å². The van der Waals surface area contributed by atoms with Gasteiger partial charge in [-0.3, -0.25) is 0 Å². The van der Waals surface area contributed by atoms with Gasteiger partial charge in [0.1, 0.15) is 11.5 Å². The molecule has 2 heterocycles. The fraction of sp³-hybridized carbons (Fsp3) is 0.250. The summed E-state index contributed by atoms with van der Waals surface area (Å²) in [5, 5.41) is 10.2. The van der Waals surface area contributed by atoms with Crippen molar-refractivity contribution in [2.24, 2.45) is 0 Å². The van der Waals surface area contributed by atoms with Gasteiger partial charge in [0, 0.05) is 5.69 Å². The molecule has 0 amide bonds. The van der Waals surface area contributed by atoms with Gasteiger partial charge in [-0.05, 0) is 19.9 Å². The van der Waals surface area contributed by atoms with Crippen molar-refractivity contribution in [2.45, 2.75) is 13.8 Å². The smallest absolute Gasteiger partial charge is 0.131 e. The summed E-state index contributed by atoms with van der Waals surface area (Å²) in [5.41, 5.74) is 2.48. The second-order valence-electron chi connectivity index (χ2n) is 2.80. The molecule has 0 saturated heterocycles. The Hall–Kier alpha value is -1.78. The van der Waals surface area contributed by atoms with Crippen LogP contribution in [0.5, 0.6) is 0 Å². The second-order valence-corrected chi connectivity index (χ2v) is 2.80. The third-order valence-corrected chi connectivity index (χ3v) is 1.64. The standard InChI is InChI=1S/C8H9N5/c1-5-3-7(11-6(2)10-5)8-4-9-13-12-8/h3-4H,1-2H3,(H,9,12,13). The zero-order chi connectivity index (χ0) is 9.26. The molecule has 0 atom stereocenters. The normalized spacial score (nSPS) is 10.3. The zero-order valence-corrected chi connectivity index (χ0v) is 7.44. The molecule has 0 radical (unpaired) electrons. The molecule has 0 aliphatic carbocycles. The molecular formula is C8H9N5. The summed E-state index contributed by atoms with van der Waals surface area (Å²) in [4.78, 5) is 8.42. The molecule has 2 aromatic rings. The predicted molar refractivity (Wildman–Crippen MR) is 46.9 cm³/mol. The van der Waals surface area contributed by atoms with Crippen LogP contribution in [0.3, 0.4) is 0 Å². The van der Waals surface area contributed by atoms with Crippen molar-refractivity contribution < 1.29 is 0 Å². The fourth-order valence-corrected chi connectivity index (χ4v) is 1.17. The molecule has 66 valence electrons. The summed E-state index contributed by atoms with van der Waals surface area (Å²) in [6.45, 7) is 3.79. The first kappa shape index (κ1) is 7.85. The molecule has 5 nitrogen and oxygen atoms in total. The summed E-state index contributed by atoms with van der Waals surface area (Å²) in [5.74, 6) is 0.748. The maximum Gasteiger partial charge on any atom is 0.131 e. The molecule has 5 heteroatoms. The number of nitrogens with one attached hydrogen (secondary N) is 1. The number of aromatic amines is 1. The molecule has 0 saturated carbocycles. The molecule has 13 heavy (non-hydrogen) atoms. The highest BCUT2D eigenvalue weighted by atomic mass is 15.3. The number of rotatable bonds is 1. The Morgan fingerprint density at radius 1 is 1.15 bits per heavy atom. The minimum Gasteiger partial charge on any atom is -0.239 e. The molecule has 0 unspecified atom stereocenters. The SMILES string of the molecule is Cc1cc(-c2cn[nH]n2)nc(C)n1. The Balaban J connectivity index is 2.53. The number of hydrogen-bond acceptors (Lipinski definition) is 4. The van der Waals surface area contributed by atoms with Crippen molar-refractivity contribution in [2.75, 3.05) is 0 Å². The van der Waals surface area contributed by atoms with E-state index in [-0.39, 0.29) is 0 Å². The lowest BCUT2D eigenvalue weighted by Gasteiger charge is -1.98. The summed E-state index contributed by atoms with van der Waals surface area (Å²) >= 11 is 0. The number of H-pyrrole nitrogens is 1. The fourth-order valence-electron chi connectivity index (χ4n) is 1.17. The Labute approximate surface area is 75.2 Å². The minimum atomic E-state index is 0.744. The van der Waals surface area contributed by atoms with Crippen LogP contribution in [-0.2, 0) is 0 Å². The summed E-state index contributed by atoms with van der Waals surface area (Å²) < 4.78 is 0. The lowest BCUT2D eigenvalue weighted by Crippen LogP contribution is -1.93. The van der Waals surface area contributed by atoms with Crippen LogP contribution < -0.4 is 0 Å². The molecule has 1 N–H and O–H groups in total. The van der Waals surface area contributed by atoms with E-state index in [4.69, 9.17) is 0 Å². The van der Waals surface area contributed by atoms with Gasteiger partial charge >= 0.3 is 0 Å². The van der Waals surface area contributed by atoms with Crippen LogP contribution in [0, 0.1) is 13.8 Å². The number of aromatic nitrogens is 5. The highest BCUT2D eigenvalue weighted by Crippen LogP contribution is 2.12. The van der Waals surface area contributed by atoms with Gasteiger partial charge in [0.05, 0.1) is 11.9 Å². The van der Waals surface area contributed by atoms with Gasteiger partial charge < -0.3 is 0 Å². The highest BCUT2D eigenvalue weighted by Gasteiger charge is 2.03. The van der Waals surface area contributed by atoms with Crippen LogP contribution in [0.1, 0.15) is 11.5 Å². The van der Waals surface area contributed by atoms with E-state index in [9.17, 15) is 0 Å². The van der Waals surface area contributed by atoms with E-state index in [2.05, 4.69) is 25.4 Å². The summed E-state index contributed by atoms with van der Waals surface area (Å²) in [6.07, 6.45) is 1.64. The summed E-state index contributed by atoms with van der Waals surface area (Å²) in [7, 11) is 0. The third kappa shape index (κ3) is 1.53. The van der Waals surface area contributed by atoms with Crippen LogP contribution >= 0.6 is 0 Å². The van der Waals surface area contributed by atoms with E-state index in [0.717, 1.165) is 22.9 Å². The molecule has 2 rings (SSSR count). The monoisotopic (exact) mass is 175 g/mol. The first-order valence-electron chi connectivity index (χ1n) is 3.94. The number of nitrogens with zero attached hydrogens (tertiary/aromatic N) is 4. The van der Waals surface area contributed by atoms with Crippen molar-refractivity contribution in [3.63, 3.8) is 0 Å². The number of hydrogen-bond donors (Lipinski definition) is 1. The Morgan fingerprint density at radius 3 is 2.62 bits per heavy atom. The maximum absolute atomic E-state index is 4.24. The van der Waals surface area contributed by atoms with Crippen molar-refractivity contribution in [1.29, 1.82) is 0 Å². The quantitative estimate of drug-likeness (QED) is 0.698. The maximum atomic E-state index is 4.24. The van der Waals surface area contributed by atoms with Gasteiger partial charge in [0.2, 0.25) is 0 Å². The first-order chi connectivity index (χ1) is 6.25. The van der Waals surface area contributed by atoms with Gasteiger partial charge in [-0.2, -0.15) is 15.4 Å². The van der Waals surface area contributed by atoms with E-state index < -0.39 is 0 Å². The van der Waals surface area contributed by atoms with E-state index in [0.29, 0.717) is 0 Å². The van der Waals surface area contributed by atoms with Crippen LogP contribution in [0.2, 0.25) is 0 Å². The predicted octanol–water partition coefficient (Wildman–Crippen LogP) is 0.879. The van der Waals surface area contributed by atoms with Crippen LogP contribution in [0.25, 0.3) is 11.4 Å². The average molecular weight is 175 g/mol. The average Bonchev–Trinajstić information content (AvgIpc) is 2.53. The lowest BCUT2D eigenvalue weighted by atomic mass is 10.3. The van der Waals surface area contributed by atoms with Crippen molar-refractivity contribution in [3.8, 4) is 11.4 Å². The van der Waals surface area contributed by atoms with E-state index >= 15 is 0 Å². The highest BCUT2D eigenvalue weighted by molar-refractivity contribution is 5.52. The van der Waals surface area contributed by atoms with Gasteiger partial charge in [0.15, 0.2) is 0 Å². The van der Waals surface area contributed by atoms with Gasteiger partial charge in [-0.1, -0.05) is 0 Å². The van der Waals surface area contributed by atoms with E-state index in [1.807, 2.05) is 19.9 Å². The molecule has 0 bridgehead atoms. The first-order valence-corrected chi connectivity index (χ1v) is 3.94. The second kappa shape index (κ2) is 2.93. The van der Waals surface area contributed by atoms with E-state index in [1.54, 1.807) is 6.20 Å². The van der Waals surface area contributed by atoms with Crippen molar-refractivity contribution >= 4 is 0 Å². The molecule has 0 aromatic carbocycles. The molecule has 0 aliphatic rings. The Kier molecular flexibility index (Phi) is 1.77. The van der Waals surface area contributed by atoms with Gasteiger partial charge in [-0.25, -0.2) is 9.97 Å². The third-order valence-electron chi connectivity index (χ3n) is 1.64. The largest absolute Gasteiger partial charge is 0.239 e. The molecule has 2 aromatic heterocycles. The molecule has 0 fully saturated rings. The van der Waals surface area contributed by atoms with Crippen molar-refractivity contribution in [1.82, 2.24) is 25.4 Å². The Bertz CT molecular complexity index is 386. The molecule has 0 aliphatic heterocycles. The van der Waals surface area contributed by atoms with Crippen molar-refractivity contribution in [3.05, 3.63) is 23.8 Å². The zero-order valence-electron chi connectivity index (χ0n) is 7.44. The number of aryl methyl sites for hydroxylation is 2. The summed E-state index contributed by atoms with van der Waals surface area (Å²) in [6, 6.07) is 1.88. The minimum absolute atomic E-state index is 0.744.